The molecular weight excluding hydrogens is 316 g/mol. The average molecular weight is 342 g/mol. The lowest BCUT2D eigenvalue weighted by atomic mass is 9.95. The first-order valence-corrected chi connectivity index (χ1v) is 8.98. The van der Waals surface area contributed by atoms with Gasteiger partial charge in [-0.2, -0.15) is 0 Å². The molecule has 0 aliphatic heterocycles. The van der Waals surface area contributed by atoms with Crippen LogP contribution in [0.1, 0.15) is 56.9 Å². The van der Waals surface area contributed by atoms with E-state index in [-0.39, 0.29) is 18.5 Å². The summed E-state index contributed by atoms with van der Waals surface area (Å²) in [6.07, 6.45) is 6.01. The highest BCUT2D eigenvalue weighted by atomic mass is 16.2. The molecule has 1 heterocycles. The second-order valence-corrected chi connectivity index (χ2v) is 6.78. The number of nitrogens with zero attached hydrogens (tertiary/aromatic N) is 5. The van der Waals surface area contributed by atoms with Crippen molar-refractivity contribution in [1.82, 2.24) is 25.1 Å². The highest BCUT2D eigenvalue weighted by Gasteiger charge is 2.25. The molecule has 0 bridgehead atoms. The molecule has 0 spiro atoms. The van der Waals surface area contributed by atoms with Crippen LogP contribution in [0.5, 0.6) is 0 Å². The number of carbonyl (C=O) groups excluding carboxylic acids is 1. The summed E-state index contributed by atoms with van der Waals surface area (Å²) in [6, 6.07) is 9.84. The van der Waals surface area contributed by atoms with Gasteiger partial charge in [-0.25, -0.2) is 4.68 Å². The number of anilines is 1. The van der Waals surface area contributed by atoms with Crippen LogP contribution in [-0.4, -0.2) is 44.6 Å². The van der Waals surface area contributed by atoms with E-state index in [2.05, 4.69) is 20.8 Å². The number of para-hydroxylation sites is 1. The van der Waals surface area contributed by atoms with Gasteiger partial charge in [-0.1, -0.05) is 37.5 Å². The second-order valence-electron chi connectivity index (χ2n) is 6.78. The summed E-state index contributed by atoms with van der Waals surface area (Å²) >= 11 is 0. The topological polar surface area (TPSA) is 75.9 Å². The van der Waals surface area contributed by atoms with Crippen LogP contribution < -0.4 is 5.32 Å². The van der Waals surface area contributed by atoms with Gasteiger partial charge in [0.2, 0.25) is 5.91 Å². The number of aromatic nitrogens is 4. The van der Waals surface area contributed by atoms with Gasteiger partial charge >= 0.3 is 0 Å². The summed E-state index contributed by atoms with van der Waals surface area (Å²) in [7, 11) is 1.93. The third-order valence-electron chi connectivity index (χ3n) is 4.92. The third kappa shape index (κ3) is 4.42. The fourth-order valence-corrected chi connectivity index (χ4v) is 3.34. The molecule has 7 heteroatoms. The molecule has 1 fully saturated rings. The summed E-state index contributed by atoms with van der Waals surface area (Å²) in [5.74, 6) is 0.791. The van der Waals surface area contributed by atoms with Gasteiger partial charge in [0.1, 0.15) is 0 Å². The summed E-state index contributed by atoms with van der Waals surface area (Å²) in [5, 5.41) is 15.2. The van der Waals surface area contributed by atoms with Gasteiger partial charge in [-0.15, -0.1) is 5.10 Å². The van der Waals surface area contributed by atoms with E-state index < -0.39 is 0 Å². The number of carbonyl (C=O) groups is 1. The molecule has 1 saturated carbocycles. The van der Waals surface area contributed by atoms with Crippen molar-refractivity contribution in [2.24, 2.45) is 0 Å². The molecule has 3 rings (SSSR count). The molecule has 2 aromatic rings. The molecule has 0 unspecified atom stereocenters. The number of hydrogen-bond donors (Lipinski definition) is 1. The molecule has 1 amide bonds. The van der Waals surface area contributed by atoms with E-state index in [1.165, 1.54) is 19.3 Å². The molecule has 134 valence electrons. The Balaban J connectivity index is 1.61. The van der Waals surface area contributed by atoms with E-state index in [0.29, 0.717) is 6.04 Å². The van der Waals surface area contributed by atoms with Crippen LogP contribution in [0.25, 0.3) is 0 Å². The smallest absolute Gasteiger partial charge is 0.238 e. The molecule has 1 aliphatic rings. The minimum atomic E-state index is -0.0442. The van der Waals surface area contributed by atoms with Crippen LogP contribution in [0.2, 0.25) is 0 Å². The molecule has 1 aromatic carbocycles. The molecule has 1 N–H and O–H groups in total. The summed E-state index contributed by atoms with van der Waals surface area (Å²) in [4.78, 5) is 14.2. The van der Waals surface area contributed by atoms with Crippen molar-refractivity contribution in [3.05, 3.63) is 36.2 Å². The predicted octanol–water partition coefficient (Wildman–Crippen LogP) is 2.81. The number of amides is 1. The molecular formula is C18H26N6O. The SMILES string of the molecule is C[C@@H](c1nnnn1C1CCCCC1)N(C)CC(=O)Nc1ccccc1. The fourth-order valence-electron chi connectivity index (χ4n) is 3.34. The van der Waals surface area contributed by atoms with E-state index >= 15 is 0 Å². The molecule has 7 nitrogen and oxygen atoms in total. The van der Waals surface area contributed by atoms with E-state index in [0.717, 1.165) is 24.4 Å². The molecule has 25 heavy (non-hydrogen) atoms. The highest BCUT2D eigenvalue weighted by Crippen LogP contribution is 2.29. The Morgan fingerprint density at radius 2 is 2.00 bits per heavy atom. The molecule has 1 aromatic heterocycles. The number of hydrogen-bond acceptors (Lipinski definition) is 5. The van der Waals surface area contributed by atoms with Gasteiger partial charge in [0.15, 0.2) is 5.82 Å². The standard InChI is InChI=1S/C18H26N6O/c1-14(18-20-21-22-24(18)16-11-7-4-8-12-16)23(2)13-17(25)19-15-9-5-3-6-10-15/h3,5-6,9-10,14,16H,4,7-8,11-13H2,1-2H3,(H,19,25)/t14-/m0/s1. The number of rotatable bonds is 6. The van der Waals surface area contributed by atoms with E-state index in [4.69, 9.17) is 0 Å². The molecule has 1 aliphatic carbocycles. The highest BCUT2D eigenvalue weighted by molar-refractivity contribution is 5.92. The van der Waals surface area contributed by atoms with Crippen molar-refractivity contribution >= 4 is 11.6 Å². The first kappa shape index (κ1) is 17.5. The Bertz CT molecular complexity index is 680. The molecule has 1 atom stereocenters. The fraction of sp³-hybridized carbons (Fsp3) is 0.556. The van der Waals surface area contributed by atoms with Crippen LogP contribution in [0.4, 0.5) is 5.69 Å². The van der Waals surface area contributed by atoms with Crippen molar-refractivity contribution in [1.29, 1.82) is 0 Å². The van der Waals surface area contributed by atoms with E-state index in [1.807, 2.05) is 53.9 Å². The van der Waals surface area contributed by atoms with Crippen molar-refractivity contribution in [2.45, 2.75) is 51.1 Å². The minimum Gasteiger partial charge on any atom is -0.325 e. The van der Waals surface area contributed by atoms with Gasteiger partial charge < -0.3 is 5.32 Å². The second kappa shape index (κ2) is 8.20. The number of nitrogens with one attached hydrogen (secondary N) is 1. The van der Waals surface area contributed by atoms with Gasteiger partial charge in [0, 0.05) is 5.69 Å². The summed E-state index contributed by atoms with van der Waals surface area (Å²) < 4.78 is 1.97. The van der Waals surface area contributed by atoms with E-state index in [1.54, 1.807) is 0 Å². The molecule has 0 saturated heterocycles. The number of benzene rings is 1. The number of likely N-dealkylation sites (N-methyl/N-ethyl adjacent to an activating group) is 1. The Kier molecular flexibility index (Phi) is 5.75. The quantitative estimate of drug-likeness (QED) is 0.873. The van der Waals surface area contributed by atoms with Crippen molar-refractivity contribution < 1.29 is 4.79 Å². The number of tetrazole rings is 1. The van der Waals surface area contributed by atoms with Gasteiger partial charge in [0.05, 0.1) is 18.6 Å². The summed E-state index contributed by atoms with van der Waals surface area (Å²) in [6.45, 7) is 2.33. The van der Waals surface area contributed by atoms with E-state index in [9.17, 15) is 4.79 Å². The lowest BCUT2D eigenvalue weighted by Gasteiger charge is -2.27. The Hall–Kier alpha value is -2.28. The van der Waals surface area contributed by atoms with Gasteiger partial charge in [0.25, 0.3) is 0 Å². The van der Waals surface area contributed by atoms with Gasteiger partial charge in [-0.3, -0.25) is 9.69 Å². The van der Waals surface area contributed by atoms with Crippen LogP contribution in [-0.2, 0) is 4.79 Å². The normalized spacial score (nSPS) is 16.8. The first-order valence-electron chi connectivity index (χ1n) is 8.98. The Labute approximate surface area is 148 Å². The summed E-state index contributed by atoms with van der Waals surface area (Å²) in [5.41, 5.74) is 0.806. The Morgan fingerprint density at radius 1 is 1.28 bits per heavy atom. The lowest BCUT2D eigenvalue weighted by Crippen LogP contribution is -2.34. The third-order valence-corrected chi connectivity index (χ3v) is 4.92. The van der Waals surface area contributed by atoms with Gasteiger partial charge in [-0.05, 0) is 49.4 Å². The first-order chi connectivity index (χ1) is 12.1. The maximum Gasteiger partial charge on any atom is 0.238 e. The zero-order valence-electron chi connectivity index (χ0n) is 14.9. The Morgan fingerprint density at radius 3 is 2.72 bits per heavy atom. The lowest BCUT2D eigenvalue weighted by molar-refractivity contribution is -0.117. The molecule has 0 radical (unpaired) electrons. The van der Waals surface area contributed by atoms with Crippen LogP contribution in [0.3, 0.4) is 0 Å². The largest absolute Gasteiger partial charge is 0.325 e. The van der Waals surface area contributed by atoms with Crippen LogP contribution in [0.15, 0.2) is 30.3 Å². The monoisotopic (exact) mass is 342 g/mol. The van der Waals surface area contributed by atoms with Crippen molar-refractivity contribution in [3.63, 3.8) is 0 Å². The van der Waals surface area contributed by atoms with Crippen LogP contribution >= 0.6 is 0 Å². The zero-order chi connectivity index (χ0) is 17.6. The van der Waals surface area contributed by atoms with Crippen LogP contribution in [0, 0.1) is 0 Å². The minimum absolute atomic E-state index is 0.0292. The predicted molar refractivity (Wildman–Crippen MR) is 96.1 cm³/mol. The maximum absolute atomic E-state index is 12.3. The maximum atomic E-state index is 12.3. The van der Waals surface area contributed by atoms with Crippen molar-refractivity contribution in [3.8, 4) is 0 Å². The van der Waals surface area contributed by atoms with Crippen molar-refractivity contribution in [2.75, 3.05) is 18.9 Å². The zero-order valence-corrected chi connectivity index (χ0v) is 14.9. The average Bonchev–Trinajstić information content (AvgIpc) is 3.12.